The summed E-state index contributed by atoms with van der Waals surface area (Å²) in [5, 5.41) is 9.76. The standard InChI is InChI=1S/C19H26F3N3O3S/c1-13-11-24(12-18(7-8-18)16(23)26)9-10-25(13)29(28)15-5-3-14(4-6-15)17(2,27)19(20,21)22/h3-6,13,27H,7-12H2,1-2H3,(H2,23,26). The van der Waals surface area contributed by atoms with Crippen LogP contribution in [0.4, 0.5) is 13.2 Å². The summed E-state index contributed by atoms with van der Waals surface area (Å²) in [6.45, 7) is 4.99. The molecule has 3 N–H and O–H groups in total. The highest BCUT2D eigenvalue weighted by molar-refractivity contribution is 7.82. The van der Waals surface area contributed by atoms with Crippen molar-refractivity contribution in [1.29, 1.82) is 0 Å². The molecule has 0 bridgehead atoms. The summed E-state index contributed by atoms with van der Waals surface area (Å²) in [4.78, 5) is 14.1. The second kappa shape index (κ2) is 7.64. The average Bonchev–Trinajstić information content (AvgIpc) is 3.41. The molecule has 0 spiro atoms. The SMILES string of the molecule is CC1CN(CC2(C(N)=O)CC2)CCN1S(=O)c1ccc(C(C)(O)C(F)(F)F)cc1. The molecule has 6 nitrogen and oxygen atoms in total. The van der Waals surface area contributed by atoms with Crippen LogP contribution in [-0.4, -0.2) is 62.8 Å². The molecule has 1 aromatic carbocycles. The normalized spacial score (nSPS) is 25.9. The van der Waals surface area contributed by atoms with E-state index >= 15 is 0 Å². The van der Waals surface area contributed by atoms with Crippen LogP contribution in [-0.2, 0) is 21.4 Å². The Hall–Kier alpha value is -1.49. The van der Waals surface area contributed by atoms with Gasteiger partial charge >= 0.3 is 6.18 Å². The lowest BCUT2D eigenvalue weighted by atomic mass is 9.96. The molecule has 1 saturated carbocycles. The van der Waals surface area contributed by atoms with E-state index in [2.05, 4.69) is 4.90 Å². The average molecular weight is 433 g/mol. The molecule has 0 aromatic heterocycles. The van der Waals surface area contributed by atoms with Gasteiger partial charge in [-0.1, -0.05) is 12.1 Å². The van der Waals surface area contributed by atoms with Gasteiger partial charge in [-0.25, -0.2) is 8.51 Å². The maximum Gasteiger partial charge on any atom is 0.421 e. The zero-order valence-electron chi connectivity index (χ0n) is 16.4. The second-order valence-electron chi connectivity index (χ2n) is 8.21. The first-order valence-electron chi connectivity index (χ1n) is 9.48. The van der Waals surface area contributed by atoms with Gasteiger partial charge in [0.1, 0.15) is 11.0 Å². The highest BCUT2D eigenvalue weighted by Crippen LogP contribution is 2.46. The number of primary amides is 1. The van der Waals surface area contributed by atoms with E-state index in [4.69, 9.17) is 5.73 Å². The van der Waals surface area contributed by atoms with Crippen LogP contribution in [0, 0.1) is 5.41 Å². The van der Waals surface area contributed by atoms with Gasteiger partial charge < -0.3 is 10.8 Å². The van der Waals surface area contributed by atoms with Crippen LogP contribution in [0.5, 0.6) is 0 Å². The molecule has 10 heteroatoms. The predicted octanol–water partition coefficient (Wildman–Crippen LogP) is 1.75. The van der Waals surface area contributed by atoms with Gasteiger partial charge in [-0.3, -0.25) is 9.69 Å². The first kappa shape index (κ1) is 22.2. The molecule has 29 heavy (non-hydrogen) atoms. The Balaban J connectivity index is 1.65. The van der Waals surface area contributed by atoms with Crippen molar-refractivity contribution in [1.82, 2.24) is 9.21 Å². The minimum atomic E-state index is -4.80. The predicted molar refractivity (Wildman–Crippen MR) is 102 cm³/mol. The number of aliphatic hydroxyl groups is 1. The lowest BCUT2D eigenvalue weighted by Crippen LogP contribution is -2.54. The lowest BCUT2D eigenvalue weighted by molar-refractivity contribution is -0.258. The monoisotopic (exact) mass is 433 g/mol. The molecule has 1 heterocycles. The molecule has 3 atom stereocenters. The third-order valence-electron chi connectivity index (χ3n) is 5.94. The molecular formula is C19H26F3N3O3S. The molecule has 3 rings (SSSR count). The van der Waals surface area contributed by atoms with Crippen molar-refractivity contribution >= 4 is 16.9 Å². The van der Waals surface area contributed by atoms with E-state index in [0.29, 0.717) is 38.0 Å². The summed E-state index contributed by atoms with van der Waals surface area (Å²) in [5.74, 6) is -0.272. The summed E-state index contributed by atoms with van der Waals surface area (Å²) < 4.78 is 53.7. The molecule has 2 fully saturated rings. The maximum absolute atomic E-state index is 13.0. The zero-order valence-corrected chi connectivity index (χ0v) is 17.2. The number of rotatable bonds is 6. The van der Waals surface area contributed by atoms with E-state index in [-0.39, 0.29) is 17.5 Å². The fourth-order valence-corrected chi connectivity index (χ4v) is 4.94. The van der Waals surface area contributed by atoms with Crippen LogP contribution in [0.1, 0.15) is 32.3 Å². The van der Waals surface area contributed by atoms with Crippen molar-refractivity contribution in [2.45, 2.75) is 49.4 Å². The van der Waals surface area contributed by atoms with Gasteiger partial charge in [-0.2, -0.15) is 13.2 Å². The Bertz CT molecular complexity index is 794. The van der Waals surface area contributed by atoms with Gasteiger partial charge in [0.25, 0.3) is 0 Å². The van der Waals surface area contributed by atoms with E-state index in [1.807, 2.05) is 6.92 Å². The summed E-state index contributed by atoms with van der Waals surface area (Å²) in [7, 11) is -1.54. The Morgan fingerprint density at radius 1 is 1.28 bits per heavy atom. The van der Waals surface area contributed by atoms with Crippen molar-refractivity contribution in [2.24, 2.45) is 11.1 Å². The first-order chi connectivity index (χ1) is 13.4. The van der Waals surface area contributed by atoms with Crippen LogP contribution in [0.15, 0.2) is 29.2 Å². The van der Waals surface area contributed by atoms with Crippen LogP contribution >= 0.6 is 0 Å². The van der Waals surface area contributed by atoms with Crippen LogP contribution in [0.25, 0.3) is 0 Å². The van der Waals surface area contributed by atoms with Crippen molar-refractivity contribution in [3.63, 3.8) is 0 Å². The molecular weight excluding hydrogens is 407 g/mol. The molecule has 162 valence electrons. The minimum absolute atomic E-state index is 0.0637. The molecule has 1 aromatic rings. The number of carbonyl (C=O) groups excluding carboxylic acids is 1. The minimum Gasteiger partial charge on any atom is -0.376 e. The summed E-state index contributed by atoms with van der Waals surface area (Å²) in [6, 6.07) is 4.97. The van der Waals surface area contributed by atoms with Gasteiger partial charge in [0.05, 0.1) is 10.3 Å². The number of hydrogen-bond donors (Lipinski definition) is 2. The molecule has 1 aliphatic carbocycles. The van der Waals surface area contributed by atoms with Crippen LogP contribution in [0.2, 0.25) is 0 Å². The summed E-state index contributed by atoms with van der Waals surface area (Å²) in [5.41, 5.74) is 1.80. The molecule has 1 aliphatic heterocycles. The van der Waals surface area contributed by atoms with Gasteiger partial charge in [0.15, 0.2) is 5.60 Å². The number of carbonyl (C=O) groups is 1. The van der Waals surface area contributed by atoms with E-state index in [9.17, 15) is 27.3 Å². The number of halogens is 3. The van der Waals surface area contributed by atoms with E-state index < -0.39 is 28.2 Å². The number of hydrogen-bond acceptors (Lipinski definition) is 4. The van der Waals surface area contributed by atoms with Gasteiger partial charge in [-0.05, 0) is 44.4 Å². The van der Waals surface area contributed by atoms with E-state index in [1.54, 1.807) is 4.31 Å². The topological polar surface area (TPSA) is 86.9 Å². The van der Waals surface area contributed by atoms with E-state index in [1.165, 1.54) is 12.1 Å². The smallest absolute Gasteiger partial charge is 0.376 e. The fraction of sp³-hybridized carbons (Fsp3) is 0.632. The van der Waals surface area contributed by atoms with Crippen molar-refractivity contribution in [2.75, 3.05) is 26.2 Å². The Morgan fingerprint density at radius 2 is 1.86 bits per heavy atom. The summed E-state index contributed by atoms with van der Waals surface area (Å²) in [6.07, 6.45) is -3.20. The molecule has 2 aliphatic rings. The van der Waals surface area contributed by atoms with Crippen LogP contribution < -0.4 is 5.73 Å². The van der Waals surface area contributed by atoms with Gasteiger partial charge in [0, 0.05) is 32.2 Å². The fourth-order valence-electron chi connectivity index (χ4n) is 3.66. The largest absolute Gasteiger partial charge is 0.421 e. The number of nitrogens with zero attached hydrogens (tertiary/aromatic N) is 2. The summed E-state index contributed by atoms with van der Waals surface area (Å²) >= 11 is 0. The highest BCUT2D eigenvalue weighted by atomic mass is 32.2. The molecule has 1 amide bonds. The first-order valence-corrected chi connectivity index (χ1v) is 10.6. The van der Waals surface area contributed by atoms with Crippen LogP contribution in [0.3, 0.4) is 0 Å². The third kappa shape index (κ3) is 4.35. The second-order valence-corrected chi connectivity index (χ2v) is 9.65. The Labute approximate surface area is 170 Å². The van der Waals surface area contributed by atoms with Crippen molar-refractivity contribution in [3.05, 3.63) is 29.8 Å². The lowest BCUT2D eigenvalue weighted by Gasteiger charge is -2.39. The number of amides is 1. The van der Waals surface area contributed by atoms with Crippen molar-refractivity contribution < 1.29 is 27.3 Å². The maximum atomic E-state index is 13.0. The number of benzene rings is 1. The molecule has 1 saturated heterocycles. The highest BCUT2D eigenvalue weighted by Gasteiger charge is 2.51. The molecule has 0 radical (unpaired) electrons. The number of alkyl halides is 3. The zero-order chi connectivity index (χ0) is 21.6. The molecule has 3 unspecified atom stereocenters. The van der Waals surface area contributed by atoms with Crippen molar-refractivity contribution in [3.8, 4) is 0 Å². The Morgan fingerprint density at radius 3 is 2.31 bits per heavy atom. The quantitative estimate of drug-likeness (QED) is 0.716. The van der Waals surface area contributed by atoms with Gasteiger partial charge in [0.2, 0.25) is 5.91 Å². The number of nitrogens with two attached hydrogens (primary N) is 1. The van der Waals surface area contributed by atoms with Gasteiger partial charge in [-0.15, -0.1) is 0 Å². The number of piperazine rings is 1. The van der Waals surface area contributed by atoms with E-state index in [0.717, 1.165) is 25.0 Å². The third-order valence-corrected chi connectivity index (χ3v) is 7.58. The Kier molecular flexibility index (Phi) is 5.85.